The fraction of sp³-hybridized carbons (Fsp3) is 0.318. The summed E-state index contributed by atoms with van der Waals surface area (Å²) in [6, 6.07) is 14.4. The van der Waals surface area contributed by atoms with Crippen LogP contribution in [0.15, 0.2) is 59.6 Å². The third kappa shape index (κ3) is 4.97. The number of aliphatic imine (C=N–C) groups is 1. The van der Waals surface area contributed by atoms with Gasteiger partial charge in [0, 0.05) is 44.1 Å². The normalized spacial score (nSPS) is 13.5. The molecule has 0 amide bonds. The lowest BCUT2D eigenvalue weighted by molar-refractivity contribution is 0.311. The smallest absolute Gasteiger partial charge is 0.195 e. The maximum absolute atomic E-state index is 5.63. The van der Waals surface area contributed by atoms with Crippen LogP contribution in [0.2, 0.25) is 0 Å². The lowest BCUT2D eigenvalue weighted by Crippen LogP contribution is -2.30. The van der Waals surface area contributed by atoms with Crippen molar-refractivity contribution in [2.45, 2.75) is 13.5 Å². The Morgan fingerprint density at radius 3 is 2.46 bits per heavy atom. The summed E-state index contributed by atoms with van der Waals surface area (Å²) in [7, 11) is 3.39. The van der Waals surface area contributed by atoms with Crippen LogP contribution < -0.4 is 25.0 Å². The quantitative estimate of drug-likeness (QED) is 0.436. The van der Waals surface area contributed by atoms with Crippen molar-refractivity contribution < 1.29 is 9.47 Å². The Morgan fingerprint density at radius 2 is 1.82 bits per heavy atom. The lowest BCUT2D eigenvalue weighted by Gasteiger charge is -2.18. The van der Waals surface area contributed by atoms with Gasteiger partial charge in [0.05, 0.1) is 13.7 Å². The van der Waals surface area contributed by atoms with Crippen molar-refractivity contribution in [3.63, 3.8) is 0 Å². The summed E-state index contributed by atoms with van der Waals surface area (Å²) < 4.78 is 11.0. The fourth-order valence-corrected chi connectivity index (χ4v) is 3.04. The van der Waals surface area contributed by atoms with Crippen molar-refractivity contribution >= 4 is 17.3 Å². The molecule has 0 aromatic heterocycles. The van der Waals surface area contributed by atoms with Crippen molar-refractivity contribution in [3.8, 4) is 11.5 Å². The highest BCUT2D eigenvalue weighted by Crippen LogP contribution is 2.30. The van der Waals surface area contributed by atoms with E-state index < -0.39 is 0 Å². The Hall–Kier alpha value is -3.15. The number of hydrogen-bond acceptors (Lipinski definition) is 4. The van der Waals surface area contributed by atoms with Crippen LogP contribution in [0.3, 0.4) is 0 Å². The van der Waals surface area contributed by atoms with E-state index in [-0.39, 0.29) is 0 Å². The van der Waals surface area contributed by atoms with Crippen molar-refractivity contribution in [1.29, 1.82) is 0 Å². The molecule has 1 heterocycles. The van der Waals surface area contributed by atoms with E-state index in [4.69, 9.17) is 9.47 Å². The predicted octanol–water partition coefficient (Wildman–Crippen LogP) is 3.66. The number of nitrogens with zero attached hydrogens (tertiary/aromatic N) is 2. The maximum Gasteiger partial charge on any atom is 0.195 e. The van der Waals surface area contributed by atoms with Crippen LogP contribution in [0, 0.1) is 0 Å². The molecular weight excluding hydrogens is 352 g/mol. The standard InChI is InChI=1S/C22H28N4O2/c1-4-28-21-15-18(9-12-20(21)27-3)25-22(23-2)24-16-17-7-10-19(11-8-17)26-13-5-6-14-26/h5-12,15H,4,13-14,16H2,1-3H3,(H2,23,24,25). The molecule has 0 saturated heterocycles. The molecule has 2 aromatic rings. The van der Waals surface area contributed by atoms with E-state index in [1.165, 1.54) is 11.3 Å². The van der Waals surface area contributed by atoms with Gasteiger partial charge in [-0.1, -0.05) is 24.3 Å². The molecular formula is C22H28N4O2. The molecule has 0 unspecified atom stereocenters. The zero-order valence-electron chi connectivity index (χ0n) is 16.7. The number of rotatable bonds is 7. The van der Waals surface area contributed by atoms with Gasteiger partial charge in [-0.25, -0.2) is 0 Å². The van der Waals surface area contributed by atoms with Gasteiger partial charge in [0.2, 0.25) is 0 Å². The maximum atomic E-state index is 5.63. The summed E-state index contributed by atoms with van der Waals surface area (Å²) in [5, 5.41) is 6.64. The van der Waals surface area contributed by atoms with Crippen LogP contribution in [0.25, 0.3) is 0 Å². The monoisotopic (exact) mass is 380 g/mol. The average molecular weight is 380 g/mol. The van der Waals surface area contributed by atoms with Crippen LogP contribution in [-0.2, 0) is 6.54 Å². The van der Waals surface area contributed by atoms with Crippen LogP contribution in [0.1, 0.15) is 12.5 Å². The summed E-state index contributed by atoms with van der Waals surface area (Å²) in [6.07, 6.45) is 4.39. The molecule has 0 spiro atoms. The first kappa shape index (κ1) is 19.6. The molecule has 6 nitrogen and oxygen atoms in total. The molecule has 3 rings (SSSR count). The number of anilines is 2. The van der Waals surface area contributed by atoms with Gasteiger partial charge in [-0.05, 0) is 36.8 Å². The van der Waals surface area contributed by atoms with Gasteiger partial charge in [0.15, 0.2) is 17.5 Å². The number of ether oxygens (including phenoxy) is 2. The second-order valence-corrected chi connectivity index (χ2v) is 6.39. The average Bonchev–Trinajstić information content (AvgIpc) is 3.27. The van der Waals surface area contributed by atoms with Crippen LogP contribution in [-0.4, -0.2) is 39.8 Å². The van der Waals surface area contributed by atoms with Gasteiger partial charge in [-0.2, -0.15) is 0 Å². The first-order valence-corrected chi connectivity index (χ1v) is 9.51. The van der Waals surface area contributed by atoms with Gasteiger partial charge >= 0.3 is 0 Å². The largest absolute Gasteiger partial charge is 0.493 e. The van der Waals surface area contributed by atoms with E-state index in [0.29, 0.717) is 30.6 Å². The number of benzene rings is 2. The first-order valence-electron chi connectivity index (χ1n) is 9.51. The van der Waals surface area contributed by atoms with Gasteiger partial charge in [0.25, 0.3) is 0 Å². The molecule has 6 heteroatoms. The van der Waals surface area contributed by atoms with Crippen molar-refractivity contribution in [3.05, 3.63) is 60.2 Å². The number of guanidine groups is 1. The highest BCUT2D eigenvalue weighted by atomic mass is 16.5. The molecule has 0 atom stereocenters. The number of hydrogen-bond donors (Lipinski definition) is 2. The van der Waals surface area contributed by atoms with E-state index in [1.807, 2.05) is 25.1 Å². The number of nitrogens with one attached hydrogen (secondary N) is 2. The Kier molecular flexibility index (Phi) is 6.78. The Balaban J connectivity index is 1.58. The van der Waals surface area contributed by atoms with Crippen molar-refractivity contribution in [2.24, 2.45) is 4.99 Å². The SMILES string of the molecule is CCOc1cc(NC(=NC)NCc2ccc(N3CC=CC3)cc2)ccc1OC. The minimum atomic E-state index is 0.580. The lowest BCUT2D eigenvalue weighted by atomic mass is 10.2. The molecule has 0 bridgehead atoms. The Morgan fingerprint density at radius 1 is 1.07 bits per heavy atom. The van der Waals surface area contributed by atoms with E-state index >= 15 is 0 Å². The molecule has 0 aliphatic carbocycles. The van der Waals surface area contributed by atoms with Gasteiger partial charge in [0.1, 0.15) is 0 Å². The van der Waals surface area contributed by atoms with Crippen LogP contribution in [0.4, 0.5) is 11.4 Å². The summed E-state index contributed by atoms with van der Waals surface area (Å²) in [4.78, 5) is 6.63. The van der Waals surface area contributed by atoms with Gasteiger partial charge in [-0.15, -0.1) is 0 Å². The van der Waals surface area contributed by atoms with Crippen LogP contribution in [0.5, 0.6) is 11.5 Å². The van der Waals surface area contributed by atoms with Gasteiger partial charge < -0.3 is 25.0 Å². The van der Waals surface area contributed by atoms with E-state index in [2.05, 4.69) is 56.9 Å². The van der Waals surface area contributed by atoms with Crippen LogP contribution >= 0.6 is 0 Å². The topological polar surface area (TPSA) is 58.1 Å². The van der Waals surface area contributed by atoms with Crippen molar-refractivity contribution in [1.82, 2.24) is 5.32 Å². The van der Waals surface area contributed by atoms with E-state index in [1.54, 1.807) is 14.2 Å². The Labute approximate surface area is 166 Å². The number of methoxy groups -OCH3 is 1. The highest BCUT2D eigenvalue weighted by molar-refractivity contribution is 5.93. The zero-order chi connectivity index (χ0) is 19.8. The molecule has 2 aromatic carbocycles. The van der Waals surface area contributed by atoms with E-state index in [0.717, 1.165) is 18.8 Å². The second kappa shape index (κ2) is 9.69. The second-order valence-electron chi connectivity index (χ2n) is 6.39. The molecule has 2 N–H and O–H groups in total. The minimum Gasteiger partial charge on any atom is -0.493 e. The van der Waals surface area contributed by atoms with Gasteiger partial charge in [-0.3, -0.25) is 4.99 Å². The molecule has 0 fully saturated rings. The molecule has 28 heavy (non-hydrogen) atoms. The molecule has 1 aliphatic heterocycles. The molecule has 148 valence electrons. The first-order chi connectivity index (χ1) is 13.7. The molecule has 0 radical (unpaired) electrons. The third-order valence-corrected chi connectivity index (χ3v) is 4.53. The summed E-state index contributed by atoms with van der Waals surface area (Å²) in [6.45, 7) is 5.19. The summed E-state index contributed by atoms with van der Waals surface area (Å²) in [5.74, 6) is 2.11. The summed E-state index contributed by atoms with van der Waals surface area (Å²) in [5.41, 5.74) is 3.33. The minimum absolute atomic E-state index is 0.580. The molecule has 0 saturated carbocycles. The zero-order valence-corrected chi connectivity index (χ0v) is 16.7. The molecule has 1 aliphatic rings. The summed E-state index contributed by atoms with van der Waals surface area (Å²) >= 11 is 0. The predicted molar refractivity (Wildman–Crippen MR) is 116 cm³/mol. The Bertz CT molecular complexity index is 823. The van der Waals surface area contributed by atoms with E-state index in [9.17, 15) is 0 Å². The highest BCUT2D eigenvalue weighted by Gasteiger charge is 2.08. The fourth-order valence-electron chi connectivity index (χ4n) is 3.04. The third-order valence-electron chi connectivity index (χ3n) is 4.53. The van der Waals surface area contributed by atoms with Crippen molar-refractivity contribution in [2.75, 3.05) is 44.1 Å².